The Labute approximate surface area is 123 Å². The van der Waals surface area contributed by atoms with Gasteiger partial charge >= 0.3 is 6.03 Å². The third-order valence-electron chi connectivity index (χ3n) is 3.54. The molecule has 6 heteroatoms. The molecule has 1 atom stereocenters. The molecule has 1 fully saturated rings. The monoisotopic (exact) mass is 293 g/mol. The number of carbonyl (C=O) groups is 2. The summed E-state index contributed by atoms with van der Waals surface area (Å²) in [5, 5.41) is 2.71. The van der Waals surface area contributed by atoms with Gasteiger partial charge in [-0.25, -0.2) is 9.18 Å². The predicted octanol–water partition coefficient (Wildman–Crippen LogP) is 2.16. The number of likely N-dealkylation sites (tertiary alicyclic amines) is 1. The van der Waals surface area contributed by atoms with Gasteiger partial charge in [-0.15, -0.1) is 0 Å². The Bertz CT molecular complexity index is 533. The van der Waals surface area contributed by atoms with Crippen LogP contribution < -0.4 is 5.32 Å². The molecule has 0 saturated carbocycles. The zero-order valence-corrected chi connectivity index (χ0v) is 12.3. The molecule has 21 heavy (non-hydrogen) atoms. The summed E-state index contributed by atoms with van der Waals surface area (Å²) in [4.78, 5) is 27.4. The molecular formula is C15H20FN3O2. The summed E-state index contributed by atoms with van der Waals surface area (Å²) in [7, 11) is 3.39. The van der Waals surface area contributed by atoms with Crippen molar-refractivity contribution in [3.63, 3.8) is 0 Å². The number of carbonyl (C=O) groups excluding carboxylic acids is 2. The molecule has 1 aromatic carbocycles. The van der Waals surface area contributed by atoms with E-state index < -0.39 is 0 Å². The summed E-state index contributed by atoms with van der Waals surface area (Å²) in [5.41, 5.74) is 0.441. The summed E-state index contributed by atoms with van der Waals surface area (Å²) in [6.45, 7) is 1.07. The summed E-state index contributed by atoms with van der Waals surface area (Å²) in [6, 6.07) is 5.72. The molecule has 1 N–H and O–H groups in total. The average molecular weight is 293 g/mol. The third kappa shape index (κ3) is 3.93. The second-order valence-corrected chi connectivity index (χ2v) is 5.46. The van der Waals surface area contributed by atoms with Crippen LogP contribution in [-0.4, -0.2) is 48.9 Å². The lowest BCUT2D eigenvalue weighted by Crippen LogP contribution is -2.47. The number of nitrogens with zero attached hydrogens (tertiary/aromatic N) is 2. The number of urea groups is 1. The fourth-order valence-corrected chi connectivity index (χ4v) is 2.46. The molecule has 2 rings (SSSR count). The molecule has 3 amide bonds. The molecule has 1 saturated heterocycles. The molecule has 0 aliphatic carbocycles. The van der Waals surface area contributed by atoms with Crippen molar-refractivity contribution >= 4 is 17.6 Å². The molecule has 114 valence electrons. The lowest BCUT2D eigenvalue weighted by Gasteiger charge is -2.33. The first-order valence-corrected chi connectivity index (χ1v) is 7.00. The van der Waals surface area contributed by atoms with E-state index in [1.165, 1.54) is 17.0 Å². The quantitative estimate of drug-likeness (QED) is 0.908. The highest BCUT2D eigenvalue weighted by atomic mass is 19.1. The van der Waals surface area contributed by atoms with E-state index in [0.717, 1.165) is 12.8 Å². The third-order valence-corrected chi connectivity index (χ3v) is 3.54. The van der Waals surface area contributed by atoms with E-state index in [-0.39, 0.29) is 23.7 Å². The maximum atomic E-state index is 13.1. The number of benzene rings is 1. The standard InChI is InChI=1S/C15H20FN3O2/c1-18(2)15(21)19-8-4-5-11(10-19)14(20)17-13-7-3-6-12(16)9-13/h3,6-7,9,11H,4-5,8,10H2,1-2H3,(H,17,20)/t11-/m1/s1. The largest absolute Gasteiger partial charge is 0.331 e. The molecule has 0 radical (unpaired) electrons. The predicted molar refractivity (Wildman–Crippen MR) is 78.4 cm³/mol. The van der Waals surface area contributed by atoms with Crippen LogP contribution in [0.15, 0.2) is 24.3 Å². The Morgan fingerprint density at radius 2 is 2.14 bits per heavy atom. The molecule has 0 aromatic heterocycles. The van der Waals surface area contributed by atoms with Gasteiger partial charge in [0.05, 0.1) is 5.92 Å². The fraction of sp³-hybridized carbons (Fsp3) is 0.467. The molecule has 1 heterocycles. The normalized spacial score (nSPS) is 18.2. The highest BCUT2D eigenvalue weighted by Crippen LogP contribution is 2.20. The van der Waals surface area contributed by atoms with Crippen LogP contribution in [0.2, 0.25) is 0 Å². The molecule has 1 aromatic rings. The zero-order valence-electron chi connectivity index (χ0n) is 12.3. The summed E-state index contributed by atoms with van der Waals surface area (Å²) < 4.78 is 13.1. The lowest BCUT2D eigenvalue weighted by atomic mass is 9.97. The van der Waals surface area contributed by atoms with E-state index in [1.807, 2.05) is 0 Å². The van der Waals surface area contributed by atoms with Crippen LogP contribution in [0.1, 0.15) is 12.8 Å². The number of hydrogen-bond acceptors (Lipinski definition) is 2. The van der Waals surface area contributed by atoms with Crippen molar-refractivity contribution in [1.29, 1.82) is 0 Å². The summed E-state index contributed by atoms with van der Waals surface area (Å²) in [5.74, 6) is -0.816. The van der Waals surface area contributed by atoms with Crippen LogP contribution >= 0.6 is 0 Å². The van der Waals surface area contributed by atoms with Gasteiger partial charge in [-0.3, -0.25) is 4.79 Å². The maximum absolute atomic E-state index is 13.1. The topological polar surface area (TPSA) is 52.7 Å². The number of nitrogens with one attached hydrogen (secondary N) is 1. The highest BCUT2D eigenvalue weighted by Gasteiger charge is 2.29. The van der Waals surface area contributed by atoms with Crippen LogP contribution in [0.5, 0.6) is 0 Å². The van der Waals surface area contributed by atoms with Crippen molar-refractivity contribution in [1.82, 2.24) is 9.80 Å². The van der Waals surface area contributed by atoms with E-state index in [0.29, 0.717) is 18.8 Å². The zero-order chi connectivity index (χ0) is 15.4. The van der Waals surface area contributed by atoms with Crippen LogP contribution in [0.4, 0.5) is 14.9 Å². The minimum atomic E-state index is -0.388. The first kappa shape index (κ1) is 15.3. The molecule has 1 aliphatic heterocycles. The smallest absolute Gasteiger partial charge is 0.319 e. The van der Waals surface area contributed by atoms with E-state index >= 15 is 0 Å². The molecule has 0 unspecified atom stereocenters. The van der Waals surface area contributed by atoms with E-state index in [4.69, 9.17) is 0 Å². The van der Waals surface area contributed by atoms with Crippen molar-refractivity contribution in [2.24, 2.45) is 5.92 Å². The Hall–Kier alpha value is -2.11. The average Bonchev–Trinajstić information content (AvgIpc) is 2.46. The fourth-order valence-electron chi connectivity index (χ4n) is 2.46. The molecule has 0 bridgehead atoms. The van der Waals surface area contributed by atoms with Gasteiger partial charge in [0.15, 0.2) is 0 Å². The molecule has 5 nitrogen and oxygen atoms in total. The lowest BCUT2D eigenvalue weighted by molar-refractivity contribution is -0.121. The van der Waals surface area contributed by atoms with Gasteiger partial charge in [0.2, 0.25) is 5.91 Å². The van der Waals surface area contributed by atoms with Gasteiger partial charge in [-0.1, -0.05) is 6.07 Å². The van der Waals surface area contributed by atoms with Crippen LogP contribution in [-0.2, 0) is 4.79 Å². The first-order valence-electron chi connectivity index (χ1n) is 7.00. The van der Waals surface area contributed by atoms with Crippen molar-refractivity contribution in [3.05, 3.63) is 30.1 Å². The minimum absolute atomic E-state index is 0.0849. The maximum Gasteiger partial charge on any atom is 0.319 e. The van der Waals surface area contributed by atoms with E-state index in [2.05, 4.69) is 5.32 Å². The summed E-state index contributed by atoms with van der Waals surface area (Å²) in [6.07, 6.45) is 1.53. The molecule has 1 aliphatic rings. The second-order valence-electron chi connectivity index (χ2n) is 5.46. The van der Waals surface area contributed by atoms with Gasteiger partial charge in [0, 0.05) is 32.9 Å². The van der Waals surface area contributed by atoms with Gasteiger partial charge in [0.1, 0.15) is 5.82 Å². The highest BCUT2D eigenvalue weighted by molar-refractivity contribution is 5.93. The Balaban J connectivity index is 1.97. The molecule has 0 spiro atoms. The van der Waals surface area contributed by atoms with Crippen molar-refractivity contribution < 1.29 is 14.0 Å². The van der Waals surface area contributed by atoms with E-state index in [1.54, 1.807) is 31.1 Å². The van der Waals surface area contributed by atoms with Gasteiger partial charge in [0.25, 0.3) is 0 Å². The molecular weight excluding hydrogens is 273 g/mol. The van der Waals surface area contributed by atoms with Crippen molar-refractivity contribution in [3.8, 4) is 0 Å². The van der Waals surface area contributed by atoms with Crippen molar-refractivity contribution in [2.75, 3.05) is 32.5 Å². The summed E-state index contributed by atoms with van der Waals surface area (Å²) >= 11 is 0. The minimum Gasteiger partial charge on any atom is -0.331 e. The van der Waals surface area contributed by atoms with Gasteiger partial charge < -0.3 is 15.1 Å². The number of rotatable bonds is 2. The Morgan fingerprint density at radius 3 is 2.81 bits per heavy atom. The number of anilines is 1. The second kappa shape index (κ2) is 6.56. The van der Waals surface area contributed by atoms with Crippen molar-refractivity contribution in [2.45, 2.75) is 12.8 Å². The van der Waals surface area contributed by atoms with Crippen LogP contribution in [0.3, 0.4) is 0 Å². The SMILES string of the molecule is CN(C)C(=O)N1CCC[C@@H](C(=O)Nc2cccc(F)c2)C1. The number of halogens is 1. The Morgan fingerprint density at radius 1 is 1.38 bits per heavy atom. The van der Waals surface area contributed by atoms with Crippen LogP contribution in [0.25, 0.3) is 0 Å². The number of amides is 3. The van der Waals surface area contributed by atoms with Gasteiger partial charge in [-0.05, 0) is 31.0 Å². The first-order chi connectivity index (χ1) is 9.97. The number of piperidine rings is 1. The van der Waals surface area contributed by atoms with Gasteiger partial charge in [-0.2, -0.15) is 0 Å². The van der Waals surface area contributed by atoms with E-state index in [9.17, 15) is 14.0 Å². The Kier molecular flexibility index (Phi) is 4.77. The number of hydrogen-bond donors (Lipinski definition) is 1. The van der Waals surface area contributed by atoms with Crippen LogP contribution in [0, 0.1) is 11.7 Å².